The second kappa shape index (κ2) is 5.04. The summed E-state index contributed by atoms with van der Waals surface area (Å²) in [4.78, 5) is 0. The summed E-state index contributed by atoms with van der Waals surface area (Å²) in [6.07, 6.45) is 5.13. The summed E-state index contributed by atoms with van der Waals surface area (Å²) in [5, 5.41) is 8.36. The van der Waals surface area contributed by atoms with Crippen molar-refractivity contribution < 1.29 is 8.42 Å². The molecule has 0 unspecified atom stereocenters. The normalized spacial score (nSPS) is 11.9. The third kappa shape index (κ3) is 3.14. The first kappa shape index (κ1) is 13.6. The van der Waals surface area contributed by atoms with Gasteiger partial charge in [-0.3, -0.25) is 9.36 Å². The van der Waals surface area contributed by atoms with Crippen molar-refractivity contribution in [1.29, 1.82) is 0 Å². The van der Waals surface area contributed by atoms with Crippen LogP contribution in [-0.4, -0.2) is 39.5 Å². The minimum absolute atomic E-state index is 0.0666. The van der Waals surface area contributed by atoms with Gasteiger partial charge in [0.05, 0.1) is 24.2 Å². The summed E-state index contributed by atoms with van der Waals surface area (Å²) in [7, 11) is -1.19. The Labute approximate surface area is 111 Å². The maximum atomic E-state index is 11.5. The standard InChI is InChI=1S/C11H17N5O2S/c1-3-19(17,18)5-4-16-8-10(12)11(14-16)9-6-13-15(2)7-9/h6-8H,3-5,12H2,1-2H3. The van der Waals surface area contributed by atoms with Gasteiger partial charge in [0.2, 0.25) is 0 Å². The second-order valence-corrected chi connectivity index (χ2v) is 6.81. The zero-order valence-corrected chi connectivity index (χ0v) is 11.8. The van der Waals surface area contributed by atoms with Crippen molar-refractivity contribution in [2.45, 2.75) is 13.5 Å². The van der Waals surface area contributed by atoms with Gasteiger partial charge in [-0.25, -0.2) is 8.42 Å². The summed E-state index contributed by atoms with van der Waals surface area (Å²) in [5.41, 5.74) is 7.84. The number of anilines is 1. The minimum atomic E-state index is -3.00. The lowest BCUT2D eigenvalue weighted by atomic mass is 10.2. The third-order valence-corrected chi connectivity index (χ3v) is 4.52. The summed E-state index contributed by atoms with van der Waals surface area (Å²) < 4.78 is 26.1. The minimum Gasteiger partial charge on any atom is -0.396 e. The van der Waals surface area contributed by atoms with Crippen molar-refractivity contribution in [2.24, 2.45) is 7.05 Å². The fourth-order valence-corrected chi connectivity index (χ4v) is 2.45. The number of nitrogens with two attached hydrogens (primary N) is 1. The van der Waals surface area contributed by atoms with Crippen LogP contribution in [0.5, 0.6) is 0 Å². The first-order valence-corrected chi connectivity index (χ1v) is 7.76. The molecule has 0 fully saturated rings. The number of nitrogen functional groups attached to an aromatic ring is 1. The van der Waals surface area contributed by atoms with E-state index in [2.05, 4.69) is 10.2 Å². The molecule has 0 bridgehead atoms. The van der Waals surface area contributed by atoms with Gasteiger partial charge in [0.25, 0.3) is 0 Å². The van der Waals surface area contributed by atoms with Gasteiger partial charge < -0.3 is 5.73 Å². The molecule has 8 heteroatoms. The molecule has 0 aliphatic carbocycles. The molecule has 0 radical (unpaired) electrons. The van der Waals surface area contributed by atoms with Gasteiger partial charge in [0.1, 0.15) is 5.69 Å². The number of sulfone groups is 1. The lowest BCUT2D eigenvalue weighted by Gasteiger charge is -2.01. The summed E-state index contributed by atoms with van der Waals surface area (Å²) in [6, 6.07) is 0. The molecule has 0 aliphatic rings. The Bertz CT molecular complexity index is 671. The molecule has 2 aromatic rings. The van der Waals surface area contributed by atoms with E-state index in [0.717, 1.165) is 5.56 Å². The summed E-state index contributed by atoms with van der Waals surface area (Å²) in [6.45, 7) is 1.94. The molecule has 0 aromatic carbocycles. The number of aromatic nitrogens is 4. The molecular weight excluding hydrogens is 266 g/mol. The van der Waals surface area contributed by atoms with Gasteiger partial charge in [0, 0.05) is 30.8 Å². The molecule has 104 valence electrons. The molecular formula is C11H17N5O2S. The van der Waals surface area contributed by atoms with Crippen LogP contribution in [0, 0.1) is 0 Å². The molecule has 2 heterocycles. The monoisotopic (exact) mass is 283 g/mol. The van der Waals surface area contributed by atoms with E-state index in [0.29, 0.717) is 17.9 Å². The largest absolute Gasteiger partial charge is 0.396 e. The Kier molecular flexibility index (Phi) is 3.61. The van der Waals surface area contributed by atoms with Gasteiger partial charge in [-0.15, -0.1) is 0 Å². The van der Waals surface area contributed by atoms with Crippen molar-refractivity contribution >= 4 is 15.5 Å². The molecule has 7 nitrogen and oxygen atoms in total. The summed E-state index contributed by atoms with van der Waals surface area (Å²) in [5.74, 6) is 0.205. The first-order valence-electron chi connectivity index (χ1n) is 5.93. The highest BCUT2D eigenvalue weighted by Gasteiger charge is 2.12. The molecule has 0 saturated carbocycles. The van der Waals surface area contributed by atoms with Gasteiger partial charge in [-0.1, -0.05) is 6.92 Å². The fraction of sp³-hybridized carbons (Fsp3) is 0.455. The highest BCUT2D eigenvalue weighted by atomic mass is 32.2. The molecule has 0 amide bonds. The number of hydrogen-bond donors (Lipinski definition) is 1. The lowest BCUT2D eigenvalue weighted by Crippen LogP contribution is -2.14. The Balaban J connectivity index is 2.18. The van der Waals surface area contributed by atoms with E-state index in [4.69, 9.17) is 5.73 Å². The molecule has 0 atom stereocenters. The van der Waals surface area contributed by atoms with E-state index in [-0.39, 0.29) is 11.5 Å². The van der Waals surface area contributed by atoms with Crippen molar-refractivity contribution in [2.75, 3.05) is 17.2 Å². The average molecular weight is 283 g/mol. The zero-order valence-electron chi connectivity index (χ0n) is 10.9. The van der Waals surface area contributed by atoms with Gasteiger partial charge in [-0.2, -0.15) is 10.2 Å². The maximum absolute atomic E-state index is 11.5. The highest BCUT2D eigenvalue weighted by Crippen LogP contribution is 2.22. The molecule has 2 N–H and O–H groups in total. The van der Waals surface area contributed by atoms with E-state index in [9.17, 15) is 8.42 Å². The van der Waals surface area contributed by atoms with Crippen LogP contribution >= 0.6 is 0 Å². The average Bonchev–Trinajstić information content (AvgIpc) is 2.93. The Morgan fingerprint density at radius 2 is 2.11 bits per heavy atom. The SMILES string of the molecule is CCS(=O)(=O)CCn1cc(N)c(-c2cnn(C)c2)n1. The maximum Gasteiger partial charge on any atom is 0.151 e. The smallest absolute Gasteiger partial charge is 0.151 e. The Hall–Kier alpha value is -1.83. The number of aryl methyl sites for hydroxylation is 2. The van der Waals surface area contributed by atoms with E-state index in [1.807, 2.05) is 13.2 Å². The van der Waals surface area contributed by atoms with Crippen LogP contribution in [0.1, 0.15) is 6.92 Å². The van der Waals surface area contributed by atoms with Crippen LogP contribution in [0.3, 0.4) is 0 Å². The quantitative estimate of drug-likeness (QED) is 0.851. The van der Waals surface area contributed by atoms with Crippen molar-refractivity contribution in [1.82, 2.24) is 19.6 Å². The van der Waals surface area contributed by atoms with Crippen molar-refractivity contribution in [3.8, 4) is 11.3 Å². The molecule has 2 rings (SSSR count). The van der Waals surface area contributed by atoms with Gasteiger partial charge >= 0.3 is 0 Å². The van der Waals surface area contributed by atoms with Crippen LogP contribution in [0.15, 0.2) is 18.6 Å². The summed E-state index contributed by atoms with van der Waals surface area (Å²) >= 11 is 0. The Morgan fingerprint density at radius 1 is 1.37 bits per heavy atom. The van der Waals surface area contributed by atoms with Crippen LogP contribution in [0.4, 0.5) is 5.69 Å². The van der Waals surface area contributed by atoms with Crippen molar-refractivity contribution in [3.05, 3.63) is 18.6 Å². The van der Waals surface area contributed by atoms with E-state index < -0.39 is 9.84 Å². The molecule has 0 aliphatic heterocycles. The molecule has 2 aromatic heterocycles. The van der Waals surface area contributed by atoms with E-state index >= 15 is 0 Å². The van der Waals surface area contributed by atoms with Crippen molar-refractivity contribution in [3.63, 3.8) is 0 Å². The molecule has 0 saturated heterocycles. The van der Waals surface area contributed by atoms with E-state index in [1.165, 1.54) is 0 Å². The Morgan fingerprint density at radius 3 is 2.68 bits per heavy atom. The first-order chi connectivity index (χ1) is 8.91. The predicted octanol–water partition coefficient (Wildman–Crippen LogP) is 0.300. The van der Waals surface area contributed by atoms with Gasteiger partial charge in [0.15, 0.2) is 9.84 Å². The van der Waals surface area contributed by atoms with Crippen LogP contribution in [0.25, 0.3) is 11.3 Å². The second-order valence-electron chi connectivity index (χ2n) is 4.34. The fourth-order valence-electron chi connectivity index (χ4n) is 1.70. The third-order valence-electron chi connectivity index (χ3n) is 2.84. The van der Waals surface area contributed by atoms with E-state index in [1.54, 1.807) is 28.7 Å². The number of hydrogen-bond acceptors (Lipinski definition) is 5. The lowest BCUT2D eigenvalue weighted by molar-refractivity contribution is 0.582. The van der Waals surface area contributed by atoms with Crippen LogP contribution in [0.2, 0.25) is 0 Å². The number of rotatable bonds is 5. The van der Waals surface area contributed by atoms with Crippen LogP contribution in [-0.2, 0) is 23.4 Å². The molecule has 0 spiro atoms. The van der Waals surface area contributed by atoms with Gasteiger partial charge in [-0.05, 0) is 0 Å². The predicted molar refractivity (Wildman–Crippen MR) is 73.2 cm³/mol. The van der Waals surface area contributed by atoms with Crippen LogP contribution < -0.4 is 5.73 Å². The number of nitrogens with zero attached hydrogens (tertiary/aromatic N) is 4. The topological polar surface area (TPSA) is 95.8 Å². The molecule has 19 heavy (non-hydrogen) atoms. The highest BCUT2D eigenvalue weighted by molar-refractivity contribution is 7.91. The zero-order chi connectivity index (χ0) is 14.0.